The number of carbonyl (C=O) groups is 1. The van der Waals surface area contributed by atoms with E-state index in [1.807, 2.05) is 30.3 Å². The fourth-order valence-corrected chi connectivity index (χ4v) is 2.61. The largest absolute Gasteiger partial charge is 0.507 e. The zero-order valence-corrected chi connectivity index (χ0v) is 13.4. The molecule has 0 fully saturated rings. The van der Waals surface area contributed by atoms with Crippen molar-refractivity contribution in [2.45, 2.75) is 19.0 Å². The lowest BCUT2D eigenvalue weighted by atomic mass is 10.0. The number of nitrogens with zero attached hydrogens (tertiary/aromatic N) is 3. The third kappa shape index (κ3) is 3.95. The van der Waals surface area contributed by atoms with Gasteiger partial charge in [0.2, 0.25) is 0 Å². The van der Waals surface area contributed by atoms with Crippen LogP contribution in [0.4, 0.5) is 0 Å². The molecule has 0 aliphatic carbocycles. The molecular weight excluding hydrogens is 320 g/mol. The Kier molecular flexibility index (Phi) is 4.94. The Bertz CT molecular complexity index is 815. The molecule has 3 aromatic rings. The number of hydrogen-bond acceptors (Lipinski definition) is 5. The smallest absolute Gasteiger partial charge is 0.259 e. The van der Waals surface area contributed by atoms with Crippen LogP contribution < -0.4 is 5.32 Å². The van der Waals surface area contributed by atoms with Crippen LogP contribution in [0.25, 0.3) is 0 Å². The Morgan fingerprint density at radius 1 is 1.08 bits per heavy atom. The van der Waals surface area contributed by atoms with Crippen molar-refractivity contribution >= 4 is 5.91 Å². The van der Waals surface area contributed by atoms with Crippen LogP contribution in [0.15, 0.2) is 61.2 Å². The molecule has 25 heavy (non-hydrogen) atoms. The highest BCUT2D eigenvalue weighted by molar-refractivity contribution is 5.99. The molecule has 0 aliphatic rings. The molecule has 1 aromatic heterocycles. The lowest BCUT2D eigenvalue weighted by molar-refractivity contribution is 0.0928. The van der Waals surface area contributed by atoms with Gasteiger partial charge >= 0.3 is 0 Å². The number of amides is 1. The van der Waals surface area contributed by atoms with Gasteiger partial charge in [-0.1, -0.05) is 36.4 Å². The number of aromatic hydroxyl groups is 2. The summed E-state index contributed by atoms with van der Waals surface area (Å²) in [5, 5.41) is 26.7. The first-order chi connectivity index (χ1) is 12.1. The van der Waals surface area contributed by atoms with Gasteiger partial charge in [-0.15, -0.1) is 0 Å². The average molecular weight is 338 g/mol. The summed E-state index contributed by atoms with van der Waals surface area (Å²) in [6, 6.07) is 13.4. The quantitative estimate of drug-likeness (QED) is 0.640. The highest BCUT2D eigenvalue weighted by Gasteiger charge is 2.20. The normalized spacial score (nSPS) is 11.8. The van der Waals surface area contributed by atoms with Crippen LogP contribution in [0.1, 0.15) is 28.4 Å². The molecule has 0 bridgehead atoms. The second-order valence-electron chi connectivity index (χ2n) is 5.56. The Balaban J connectivity index is 1.80. The molecule has 0 spiro atoms. The number of rotatable bonds is 6. The molecule has 128 valence electrons. The number of aromatic nitrogens is 3. The van der Waals surface area contributed by atoms with Crippen molar-refractivity contribution in [3.63, 3.8) is 0 Å². The Labute approximate surface area is 144 Å². The number of aryl methyl sites for hydroxylation is 1. The first-order valence-corrected chi connectivity index (χ1v) is 7.84. The summed E-state index contributed by atoms with van der Waals surface area (Å²) < 4.78 is 1.68. The van der Waals surface area contributed by atoms with Gasteiger partial charge in [0.1, 0.15) is 29.7 Å². The third-order valence-electron chi connectivity index (χ3n) is 3.87. The summed E-state index contributed by atoms with van der Waals surface area (Å²) >= 11 is 0. The van der Waals surface area contributed by atoms with E-state index in [1.54, 1.807) is 11.0 Å². The van der Waals surface area contributed by atoms with Gasteiger partial charge in [0.05, 0.1) is 6.04 Å². The molecule has 1 atom stereocenters. The summed E-state index contributed by atoms with van der Waals surface area (Å²) in [4.78, 5) is 16.5. The molecule has 3 N–H and O–H groups in total. The van der Waals surface area contributed by atoms with Crippen molar-refractivity contribution in [3.05, 3.63) is 72.3 Å². The van der Waals surface area contributed by atoms with Crippen molar-refractivity contribution < 1.29 is 15.0 Å². The maximum absolute atomic E-state index is 12.6. The lowest BCUT2D eigenvalue weighted by Gasteiger charge is -2.20. The van der Waals surface area contributed by atoms with Crippen molar-refractivity contribution in [1.29, 1.82) is 0 Å². The number of hydrogen-bond donors (Lipinski definition) is 3. The van der Waals surface area contributed by atoms with Crippen LogP contribution >= 0.6 is 0 Å². The topological polar surface area (TPSA) is 100 Å². The minimum absolute atomic E-state index is 0.135. The van der Waals surface area contributed by atoms with E-state index in [0.29, 0.717) is 13.0 Å². The zero-order chi connectivity index (χ0) is 17.6. The van der Waals surface area contributed by atoms with Crippen LogP contribution in [0.2, 0.25) is 0 Å². The molecular formula is C18H18N4O3. The van der Waals surface area contributed by atoms with Gasteiger partial charge in [0.15, 0.2) is 0 Å². The van der Waals surface area contributed by atoms with Crippen LogP contribution in [0.3, 0.4) is 0 Å². The molecule has 2 aromatic carbocycles. The van der Waals surface area contributed by atoms with E-state index in [2.05, 4.69) is 15.4 Å². The summed E-state index contributed by atoms with van der Waals surface area (Å²) in [6.45, 7) is 0.562. The SMILES string of the molecule is O=C(N[C@H](CCn1cncn1)c1ccccc1)c1c(O)cccc1O. The van der Waals surface area contributed by atoms with Gasteiger partial charge in [-0.25, -0.2) is 4.98 Å². The van der Waals surface area contributed by atoms with E-state index >= 15 is 0 Å². The van der Waals surface area contributed by atoms with Gasteiger partial charge < -0.3 is 15.5 Å². The molecule has 1 amide bonds. The highest BCUT2D eigenvalue weighted by Crippen LogP contribution is 2.27. The van der Waals surface area contributed by atoms with Crippen LogP contribution in [0, 0.1) is 0 Å². The molecule has 0 radical (unpaired) electrons. The fraction of sp³-hybridized carbons (Fsp3) is 0.167. The maximum atomic E-state index is 12.6. The number of phenolic OH excluding ortho intramolecular Hbond substituents is 2. The van der Waals surface area contributed by atoms with Gasteiger partial charge in [0, 0.05) is 6.54 Å². The highest BCUT2D eigenvalue weighted by atomic mass is 16.3. The summed E-state index contributed by atoms with van der Waals surface area (Å²) in [6.07, 6.45) is 3.64. The fourth-order valence-electron chi connectivity index (χ4n) is 2.61. The van der Waals surface area contributed by atoms with Crippen LogP contribution in [-0.4, -0.2) is 30.9 Å². The first-order valence-electron chi connectivity index (χ1n) is 7.84. The second kappa shape index (κ2) is 7.48. The van der Waals surface area contributed by atoms with Gasteiger partial charge in [-0.05, 0) is 24.1 Å². The predicted molar refractivity (Wildman–Crippen MR) is 91.1 cm³/mol. The molecule has 0 unspecified atom stereocenters. The van der Waals surface area contributed by atoms with E-state index in [0.717, 1.165) is 5.56 Å². The third-order valence-corrected chi connectivity index (χ3v) is 3.87. The van der Waals surface area contributed by atoms with Gasteiger partial charge in [-0.2, -0.15) is 5.10 Å². The minimum atomic E-state index is -0.539. The van der Waals surface area contributed by atoms with Crippen molar-refractivity contribution in [2.75, 3.05) is 0 Å². The first kappa shape index (κ1) is 16.5. The molecule has 0 saturated carbocycles. The van der Waals surface area contributed by atoms with E-state index < -0.39 is 5.91 Å². The van der Waals surface area contributed by atoms with Crippen molar-refractivity contribution in [3.8, 4) is 11.5 Å². The minimum Gasteiger partial charge on any atom is -0.507 e. The maximum Gasteiger partial charge on any atom is 0.259 e. The Morgan fingerprint density at radius 2 is 1.80 bits per heavy atom. The summed E-state index contributed by atoms with van der Waals surface area (Å²) in [5.74, 6) is -1.07. The van der Waals surface area contributed by atoms with Gasteiger partial charge in [0.25, 0.3) is 5.91 Å². The second-order valence-corrected chi connectivity index (χ2v) is 5.56. The lowest BCUT2D eigenvalue weighted by Crippen LogP contribution is -2.29. The zero-order valence-electron chi connectivity index (χ0n) is 13.4. The molecule has 0 saturated heterocycles. The average Bonchev–Trinajstić information content (AvgIpc) is 3.12. The number of nitrogens with one attached hydrogen (secondary N) is 1. The van der Waals surface area contributed by atoms with E-state index in [9.17, 15) is 15.0 Å². The summed E-state index contributed by atoms with van der Waals surface area (Å²) in [5.41, 5.74) is 0.787. The van der Waals surface area contributed by atoms with Crippen molar-refractivity contribution in [1.82, 2.24) is 20.1 Å². The molecule has 3 rings (SSSR count). The van der Waals surface area contributed by atoms with Crippen molar-refractivity contribution in [2.24, 2.45) is 0 Å². The molecule has 1 heterocycles. The monoisotopic (exact) mass is 338 g/mol. The molecule has 7 heteroatoms. The van der Waals surface area contributed by atoms with Crippen LogP contribution in [-0.2, 0) is 6.54 Å². The number of phenols is 2. The number of benzene rings is 2. The van der Waals surface area contributed by atoms with E-state index in [-0.39, 0.29) is 23.1 Å². The predicted octanol–water partition coefficient (Wildman–Crippen LogP) is 2.25. The summed E-state index contributed by atoms with van der Waals surface area (Å²) in [7, 11) is 0. The Morgan fingerprint density at radius 3 is 2.44 bits per heavy atom. The van der Waals surface area contributed by atoms with E-state index in [1.165, 1.54) is 24.5 Å². The van der Waals surface area contributed by atoms with E-state index in [4.69, 9.17) is 0 Å². The molecule has 7 nitrogen and oxygen atoms in total. The standard InChI is InChI=1S/C18H18N4O3/c23-15-7-4-8-16(24)17(15)18(25)21-14(13-5-2-1-3-6-13)9-10-22-12-19-11-20-22/h1-8,11-12,14,23-24H,9-10H2,(H,21,25)/t14-/m1/s1. The molecule has 0 aliphatic heterocycles. The number of carbonyl (C=O) groups excluding carboxylic acids is 1. The Hall–Kier alpha value is -3.35. The van der Waals surface area contributed by atoms with Crippen LogP contribution in [0.5, 0.6) is 11.5 Å². The van der Waals surface area contributed by atoms with Gasteiger partial charge in [-0.3, -0.25) is 9.48 Å².